The van der Waals surface area contributed by atoms with Gasteiger partial charge in [-0.2, -0.15) is 0 Å². The zero-order chi connectivity index (χ0) is 10.2. The van der Waals surface area contributed by atoms with Crippen molar-refractivity contribution in [3.63, 3.8) is 0 Å². The Bertz CT molecular complexity index is 350. The molecule has 0 amide bonds. The summed E-state index contributed by atoms with van der Waals surface area (Å²) in [6, 6.07) is 1.18. The molecule has 0 spiro atoms. The number of hydrogen-bond acceptors (Lipinski definition) is 3. The molecule has 1 aromatic rings. The van der Waals surface area contributed by atoms with Gasteiger partial charge in [-0.05, 0) is 18.6 Å². The van der Waals surface area contributed by atoms with Crippen LogP contribution in [0.5, 0.6) is 5.75 Å². The fourth-order valence-electron chi connectivity index (χ4n) is 1.01. The maximum absolute atomic E-state index is 13.1. The molecule has 4 N–H and O–H groups in total. The Morgan fingerprint density at radius 1 is 1.62 bits per heavy atom. The molecule has 0 heterocycles. The predicted molar refractivity (Wildman–Crippen MR) is 44.2 cm³/mol. The number of carbonyl (C=O) groups is 1. The number of hydrogen-bond donors (Lipinski definition) is 3. The Hall–Kier alpha value is -1.78. The summed E-state index contributed by atoms with van der Waals surface area (Å²) >= 11 is 0. The van der Waals surface area contributed by atoms with Gasteiger partial charge in [-0.25, -0.2) is 9.18 Å². The Kier molecular flexibility index (Phi) is 2.10. The molecule has 0 radical (unpaired) electrons. The van der Waals surface area contributed by atoms with Crippen molar-refractivity contribution in [1.82, 2.24) is 0 Å². The number of anilines is 1. The highest BCUT2D eigenvalue weighted by Crippen LogP contribution is 2.29. The number of nitrogens with two attached hydrogens (primary N) is 1. The van der Waals surface area contributed by atoms with Crippen molar-refractivity contribution < 1.29 is 19.4 Å². The maximum atomic E-state index is 13.1. The molecular formula is C8H8FNO3. The highest BCUT2D eigenvalue weighted by molar-refractivity contribution is 5.93. The maximum Gasteiger partial charge on any atom is 0.342 e. The first kappa shape index (κ1) is 9.31. The molecule has 1 aromatic carbocycles. The minimum atomic E-state index is -1.54. The summed E-state index contributed by atoms with van der Waals surface area (Å²) in [4.78, 5) is 10.5. The minimum Gasteiger partial charge on any atom is -0.505 e. The van der Waals surface area contributed by atoms with Gasteiger partial charge < -0.3 is 15.9 Å². The summed E-state index contributed by atoms with van der Waals surface area (Å²) in [7, 11) is 0. The SMILES string of the molecule is Cc1cc(N)c(O)c(C(=O)O)c1F. The third-order valence-corrected chi connectivity index (χ3v) is 1.66. The first-order chi connectivity index (χ1) is 5.95. The van der Waals surface area contributed by atoms with Gasteiger partial charge in [-0.15, -0.1) is 0 Å². The molecule has 0 saturated heterocycles. The van der Waals surface area contributed by atoms with Gasteiger partial charge in [0, 0.05) is 0 Å². The second-order valence-electron chi connectivity index (χ2n) is 2.63. The van der Waals surface area contributed by atoms with Gasteiger partial charge in [-0.3, -0.25) is 0 Å². The summed E-state index contributed by atoms with van der Waals surface area (Å²) < 4.78 is 13.1. The molecule has 0 fully saturated rings. The Balaban J connectivity index is 3.56. The van der Waals surface area contributed by atoms with Crippen LogP contribution in [0.4, 0.5) is 10.1 Å². The van der Waals surface area contributed by atoms with E-state index in [-0.39, 0.29) is 11.3 Å². The number of aromatic carboxylic acids is 1. The lowest BCUT2D eigenvalue weighted by Crippen LogP contribution is -2.05. The molecule has 0 atom stereocenters. The summed E-state index contributed by atoms with van der Waals surface area (Å²) in [6.07, 6.45) is 0. The highest BCUT2D eigenvalue weighted by atomic mass is 19.1. The van der Waals surface area contributed by atoms with Crippen LogP contribution in [0.25, 0.3) is 0 Å². The molecular weight excluding hydrogens is 177 g/mol. The van der Waals surface area contributed by atoms with E-state index < -0.39 is 23.1 Å². The van der Waals surface area contributed by atoms with Gasteiger partial charge in [0.2, 0.25) is 0 Å². The zero-order valence-electron chi connectivity index (χ0n) is 6.84. The van der Waals surface area contributed by atoms with E-state index >= 15 is 0 Å². The fourth-order valence-corrected chi connectivity index (χ4v) is 1.01. The van der Waals surface area contributed by atoms with Crippen molar-refractivity contribution >= 4 is 11.7 Å². The van der Waals surface area contributed by atoms with Crippen LogP contribution in [0.2, 0.25) is 0 Å². The largest absolute Gasteiger partial charge is 0.505 e. The lowest BCUT2D eigenvalue weighted by atomic mass is 10.1. The Morgan fingerprint density at radius 3 is 2.62 bits per heavy atom. The van der Waals surface area contributed by atoms with E-state index in [1.165, 1.54) is 13.0 Å². The number of halogens is 1. The summed E-state index contributed by atoms with van der Waals surface area (Å²) in [5, 5.41) is 17.7. The van der Waals surface area contributed by atoms with Crippen LogP contribution in [0.3, 0.4) is 0 Å². The number of benzene rings is 1. The van der Waals surface area contributed by atoms with Gasteiger partial charge in [0.15, 0.2) is 5.75 Å². The monoisotopic (exact) mass is 185 g/mol. The van der Waals surface area contributed by atoms with E-state index in [0.717, 1.165) is 0 Å². The minimum absolute atomic E-state index is 0.0905. The number of rotatable bonds is 1. The molecule has 0 aliphatic heterocycles. The van der Waals surface area contributed by atoms with Crippen LogP contribution < -0.4 is 5.73 Å². The summed E-state index contributed by atoms with van der Waals surface area (Å²) in [5.41, 5.74) is 4.42. The van der Waals surface area contributed by atoms with E-state index in [9.17, 15) is 9.18 Å². The van der Waals surface area contributed by atoms with Crippen LogP contribution in [-0.4, -0.2) is 16.2 Å². The lowest BCUT2D eigenvalue weighted by molar-refractivity contribution is 0.0688. The third kappa shape index (κ3) is 1.40. The van der Waals surface area contributed by atoms with Gasteiger partial charge >= 0.3 is 5.97 Å². The Labute approximate surface area is 73.4 Å². The first-order valence-electron chi connectivity index (χ1n) is 3.46. The number of carboxylic acids is 1. The molecule has 70 valence electrons. The van der Waals surface area contributed by atoms with E-state index in [1.54, 1.807) is 0 Å². The van der Waals surface area contributed by atoms with Crippen molar-refractivity contribution in [3.05, 3.63) is 23.0 Å². The van der Waals surface area contributed by atoms with Crippen LogP contribution in [0, 0.1) is 12.7 Å². The summed E-state index contributed by atoms with van der Waals surface area (Å²) in [5.74, 6) is -3.22. The van der Waals surface area contributed by atoms with Crippen molar-refractivity contribution in [2.75, 3.05) is 5.73 Å². The number of nitrogen functional groups attached to an aromatic ring is 1. The molecule has 0 bridgehead atoms. The summed E-state index contributed by atoms with van der Waals surface area (Å²) in [6.45, 7) is 1.37. The zero-order valence-corrected chi connectivity index (χ0v) is 6.84. The average Bonchev–Trinajstić information content (AvgIpc) is 2.01. The molecule has 5 heteroatoms. The van der Waals surface area contributed by atoms with E-state index in [2.05, 4.69) is 0 Å². The third-order valence-electron chi connectivity index (χ3n) is 1.66. The number of aromatic hydroxyl groups is 1. The topological polar surface area (TPSA) is 83.5 Å². The second kappa shape index (κ2) is 2.93. The van der Waals surface area contributed by atoms with Crippen molar-refractivity contribution in [2.45, 2.75) is 6.92 Å². The molecule has 13 heavy (non-hydrogen) atoms. The van der Waals surface area contributed by atoms with Crippen LogP contribution in [-0.2, 0) is 0 Å². The molecule has 0 unspecified atom stereocenters. The van der Waals surface area contributed by atoms with Gasteiger partial charge in [0.05, 0.1) is 5.69 Å². The van der Waals surface area contributed by atoms with Gasteiger partial charge in [0.1, 0.15) is 11.4 Å². The highest BCUT2D eigenvalue weighted by Gasteiger charge is 2.20. The molecule has 0 aromatic heterocycles. The van der Waals surface area contributed by atoms with Crippen LogP contribution in [0.15, 0.2) is 6.07 Å². The molecule has 0 saturated carbocycles. The van der Waals surface area contributed by atoms with Crippen LogP contribution >= 0.6 is 0 Å². The normalized spacial score (nSPS) is 10.0. The lowest BCUT2D eigenvalue weighted by Gasteiger charge is -2.06. The molecule has 0 aliphatic rings. The quantitative estimate of drug-likeness (QED) is 0.452. The number of aryl methyl sites for hydroxylation is 1. The standard InChI is InChI=1S/C8H8FNO3/c1-3-2-4(10)7(11)5(6(3)9)8(12)13/h2,11H,10H2,1H3,(H,12,13). The van der Waals surface area contributed by atoms with Crippen molar-refractivity contribution in [3.8, 4) is 5.75 Å². The Morgan fingerprint density at radius 2 is 2.15 bits per heavy atom. The molecule has 0 aliphatic carbocycles. The fraction of sp³-hybridized carbons (Fsp3) is 0.125. The number of phenols is 1. The van der Waals surface area contributed by atoms with Crippen LogP contribution in [0.1, 0.15) is 15.9 Å². The molecule has 4 nitrogen and oxygen atoms in total. The van der Waals surface area contributed by atoms with Gasteiger partial charge in [-0.1, -0.05) is 0 Å². The van der Waals surface area contributed by atoms with E-state index in [1.807, 2.05) is 0 Å². The second-order valence-corrected chi connectivity index (χ2v) is 2.63. The van der Waals surface area contributed by atoms with Crippen molar-refractivity contribution in [1.29, 1.82) is 0 Å². The average molecular weight is 185 g/mol. The van der Waals surface area contributed by atoms with E-state index in [4.69, 9.17) is 15.9 Å². The first-order valence-corrected chi connectivity index (χ1v) is 3.46. The van der Waals surface area contributed by atoms with Crippen molar-refractivity contribution in [2.24, 2.45) is 0 Å². The van der Waals surface area contributed by atoms with E-state index in [0.29, 0.717) is 0 Å². The molecule has 1 rings (SSSR count). The van der Waals surface area contributed by atoms with Gasteiger partial charge in [0.25, 0.3) is 0 Å². The predicted octanol–water partition coefficient (Wildman–Crippen LogP) is 1.12. The number of carboxylic acid groups (broad SMARTS) is 1. The smallest absolute Gasteiger partial charge is 0.342 e.